The maximum atomic E-state index is 11.3. The average molecular weight is 359 g/mol. The highest BCUT2D eigenvalue weighted by molar-refractivity contribution is 6.04. The zero-order valence-electron chi connectivity index (χ0n) is 13.3. The molecule has 9 nitrogen and oxygen atoms in total. The molecule has 0 aliphatic heterocycles. The largest absolute Gasteiger partial charge is 0.478 e. The smallest absolute Gasteiger partial charge is 0.336 e. The van der Waals surface area contributed by atoms with Crippen molar-refractivity contribution in [3.8, 4) is 0 Å². The fourth-order valence-electron chi connectivity index (χ4n) is 2.36. The lowest BCUT2D eigenvalue weighted by atomic mass is 10.0. The first-order valence-corrected chi connectivity index (χ1v) is 7.08. The third-order valence-electron chi connectivity index (χ3n) is 3.70. The average Bonchev–Trinajstić information content (AvgIpc) is 2.59. The van der Waals surface area contributed by atoms with Crippen LogP contribution in [0.25, 0.3) is 0 Å². The number of benzene rings is 2. The molecular formula is C17H13NO8. The molecule has 0 spiro atoms. The summed E-state index contributed by atoms with van der Waals surface area (Å²) in [6.07, 6.45) is 0. The Labute approximate surface area is 146 Å². The van der Waals surface area contributed by atoms with E-state index in [-0.39, 0.29) is 22.5 Å². The van der Waals surface area contributed by atoms with Crippen molar-refractivity contribution in [1.82, 2.24) is 0 Å². The van der Waals surface area contributed by atoms with E-state index in [1.165, 1.54) is 24.1 Å². The summed E-state index contributed by atoms with van der Waals surface area (Å²) in [4.78, 5) is 46.2. The third kappa shape index (κ3) is 3.46. The van der Waals surface area contributed by atoms with E-state index in [2.05, 4.69) is 0 Å². The van der Waals surface area contributed by atoms with Gasteiger partial charge >= 0.3 is 23.9 Å². The minimum Gasteiger partial charge on any atom is -0.478 e. The number of hydrogen-bond acceptors (Lipinski definition) is 5. The molecule has 134 valence electrons. The van der Waals surface area contributed by atoms with Gasteiger partial charge in [0.1, 0.15) is 0 Å². The maximum absolute atomic E-state index is 11.3. The number of hydrogen-bond donors (Lipinski definition) is 4. The van der Waals surface area contributed by atoms with E-state index in [4.69, 9.17) is 10.2 Å². The van der Waals surface area contributed by atoms with Crippen LogP contribution in [-0.2, 0) is 0 Å². The van der Waals surface area contributed by atoms with Gasteiger partial charge in [-0.3, -0.25) is 0 Å². The van der Waals surface area contributed by atoms with Crippen molar-refractivity contribution in [3.63, 3.8) is 0 Å². The van der Waals surface area contributed by atoms with E-state index in [1.54, 1.807) is 0 Å². The summed E-state index contributed by atoms with van der Waals surface area (Å²) in [6.45, 7) is 0. The van der Waals surface area contributed by atoms with Gasteiger partial charge in [-0.1, -0.05) is 0 Å². The molecule has 4 N–H and O–H groups in total. The van der Waals surface area contributed by atoms with Crippen molar-refractivity contribution in [2.45, 2.75) is 0 Å². The molecule has 0 bridgehead atoms. The molecule has 0 radical (unpaired) electrons. The van der Waals surface area contributed by atoms with Crippen LogP contribution in [0.4, 0.5) is 11.4 Å². The van der Waals surface area contributed by atoms with Gasteiger partial charge in [0.25, 0.3) is 0 Å². The summed E-state index contributed by atoms with van der Waals surface area (Å²) in [7, 11) is 1.50. The van der Waals surface area contributed by atoms with Crippen molar-refractivity contribution >= 4 is 35.3 Å². The van der Waals surface area contributed by atoms with Crippen molar-refractivity contribution in [2.75, 3.05) is 11.9 Å². The lowest BCUT2D eigenvalue weighted by molar-refractivity contribution is 0.0651. The number of rotatable bonds is 6. The van der Waals surface area contributed by atoms with E-state index >= 15 is 0 Å². The van der Waals surface area contributed by atoms with Crippen LogP contribution in [-0.4, -0.2) is 51.4 Å². The highest BCUT2D eigenvalue weighted by atomic mass is 16.4. The van der Waals surface area contributed by atoms with E-state index in [0.29, 0.717) is 0 Å². The van der Waals surface area contributed by atoms with Gasteiger partial charge in [-0.15, -0.1) is 0 Å². The number of carboxylic acid groups (broad SMARTS) is 4. The minimum absolute atomic E-state index is 0.284. The van der Waals surface area contributed by atoms with Crippen LogP contribution >= 0.6 is 0 Å². The molecule has 0 aromatic heterocycles. The van der Waals surface area contributed by atoms with E-state index in [0.717, 1.165) is 24.3 Å². The molecule has 2 aromatic carbocycles. The summed E-state index contributed by atoms with van der Waals surface area (Å²) < 4.78 is 0. The van der Waals surface area contributed by atoms with Crippen LogP contribution in [0.15, 0.2) is 36.4 Å². The first kappa shape index (κ1) is 18.5. The molecule has 0 unspecified atom stereocenters. The maximum Gasteiger partial charge on any atom is 0.336 e. The van der Waals surface area contributed by atoms with Gasteiger partial charge in [-0.25, -0.2) is 19.2 Å². The first-order chi connectivity index (χ1) is 12.1. The molecule has 0 saturated carbocycles. The summed E-state index contributed by atoms with van der Waals surface area (Å²) >= 11 is 0. The van der Waals surface area contributed by atoms with Crippen molar-refractivity contribution in [2.24, 2.45) is 0 Å². The molecule has 0 aliphatic carbocycles. The molecule has 0 fully saturated rings. The summed E-state index contributed by atoms with van der Waals surface area (Å²) in [6, 6.07) is 7.25. The first-order valence-electron chi connectivity index (χ1n) is 7.08. The molecule has 0 amide bonds. The number of carboxylic acids is 4. The van der Waals surface area contributed by atoms with Crippen molar-refractivity contribution < 1.29 is 39.6 Å². The van der Waals surface area contributed by atoms with E-state index in [1.807, 2.05) is 0 Å². The van der Waals surface area contributed by atoms with E-state index in [9.17, 15) is 29.4 Å². The van der Waals surface area contributed by atoms with E-state index < -0.39 is 35.0 Å². The molecule has 0 saturated heterocycles. The second kappa shape index (κ2) is 6.93. The fraction of sp³-hybridized carbons (Fsp3) is 0.0588. The van der Waals surface area contributed by atoms with Crippen LogP contribution in [0.5, 0.6) is 0 Å². The number of carbonyl (C=O) groups is 4. The summed E-state index contributed by atoms with van der Waals surface area (Å²) in [5, 5.41) is 36.4. The monoisotopic (exact) mass is 359 g/mol. The van der Waals surface area contributed by atoms with Gasteiger partial charge < -0.3 is 25.3 Å². The highest BCUT2D eigenvalue weighted by Crippen LogP contribution is 2.28. The van der Waals surface area contributed by atoms with Crippen molar-refractivity contribution in [3.05, 3.63) is 58.7 Å². The minimum atomic E-state index is -1.43. The molecule has 0 atom stereocenters. The molecule has 26 heavy (non-hydrogen) atoms. The molecule has 0 heterocycles. The number of aromatic carboxylic acids is 4. The summed E-state index contributed by atoms with van der Waals surface area (Å²) in [5.74, 6) is -5.64. The zero-order valence-corrected chi connectivity index (χ0v) is 13.3. The Morgan fingerprint density at radius 1 is 0.615 bits per heavy atom. The molecule has 9 heteroatoms. The molecule has 2 aromatic rings. The van der Waals surface area contributed by atoms with Crippen molar-refractivity contribution in [1.29, 1.82) is 0 Å². The van der Waals surface area contributed by atoms with Gasteiger partial charge in [0, 0.05) is 18.4 Å². The molecule has 2 rings (SSSR count). The molecular weight excluding hydrogens is 346 g/mol. The third-order valence-corrected chi connectivity index (χ3v) is 3.70. The van der Waals surface area contributed by atoms with Crippen LogP contribution in [0.1, 0.15) is 41.4 Å². The van der Waals surface area contributed by atoms with Gasteiger partial charge in [0.05, 0.1) is 22.3 Å². The van der Waals surface area contributed by atoms with Gasteiger partial charge in [0.2, 0.25) is 0 Å². The second-order valence-electron chi connectivity index (χ2n) is 5.24. The van der Waals surface area contributed by atoms with Gasteiger partial charge in [0.15, 0.2) is 0 Å². The standard InChI is InChI=1S/C17H13NO8/c1-18(8-2-4-10(14(19)20)12(6-8)16(23)24)9-3-5-11(15(21)22)13(7-9)17(25)26/h2-7H,1H3,(H,19,20)(H,21,22)(H,23,24)(H,25,26). The quantitative estimate of drug-likeness (QED) is 0.608. The normalized spacial score (nSPS) is 10.2. The van der Waals surface area contributed by atoms with Crippen LogP contribution in [0.3, 0.4) is 0 Å². The summed E-state index contributed by atoms with van der Waals surface area (Å²) in [5.41, 5.74) is -1.06. The molecule has 0 aliphatic rings. The topological polar surface area (TPSA) is 152 Å². The predicted octanol–water partition coefficient (Wildman–Crippen LogP) is 2.25. The van der Waals surface area contributed by atoms with Crippen LogP contribution in [0, 0.1) is 0 Å². The van der Waals surface area contributed by atoms with Gasteiger partial charge in [-0.05, 0) is 36.4 Å². The van der Waals surface area contributed by atoms with Crippen LogP contribution < -0.4 is 4.90 Å². The Morgan fingerprint density at radius 2 is 0.923 bits per heavy atom. The highest BCUT2D eigenvalue weighted by Gasteiger charge is 2.20. The Hall–Kier alpha value is -3.88. The lowest BCUT2D eigenvalue weighted by Crippen LogP contribution is -2.15. The zero-order chi connectivity index (χ0) is 19.6. The van der Waals surface area contributed by atoms with Gasteiger partial charge in [-0.2, -0.15) is 0 Å². The Morgan fingerprint density at radius 3 is 1.19 bits per heavy atom. The Kier molecular flexibility index (Phi) is 4.92. The lowest BCUT2D eigenvalue weighted by Gasteiger charge is -2.21. The number of nitrogens with zero attached hydrogens (tertiary/aromatic N) is 1. The fourth-order valence-corrected chi connectivity index (χ4v) is 2.36. The second-order valence-corrected chi connectivity index (χ2v) is 5.24. The number of anilines is 2. The Bertz CT molecular complexity index is 859. The Balaban J connectivity index is 2.54. The SMILES string of the molecule is CN(c1ccc(C(=O)O)c(C(=O)O)c1)c1ccc(C(=O)O)c(C(=O)O)c1. The van der Waals surface area contributed by atoms with Crippen LogP contribution in [0.2, 0.25) is 0 Å². The predicted molar refractivity (Wildman–Crippen MR) is 88.8 cm³/mol.